The zero-order valence-corrected chi connectivity index (χ0v) is 18.3. The molecule has 8 heteroatoms. The lowest BCUT2D eigenvalue weighted by Crippen LogP contribution is -2.29. The number of esters is 1. The normalized spacial score (nSPS) is 15.8. The number of nitrogens with zero attached hydrogens (tertiary/aromatic N) is 1. The number of amides is 1. The summed E-state index contributed by atoms with van der Waals surface area (Å²) in [5.74, 6) is -1.76. The molecule has 0 bridgehead atoms. The number of allylic oxidation sites excluding steroid dienone is 1. The molecule has 0 aliphatic carbocycles. The number of carbonyl (C=O) groups is 2. The Morgan fingerprint density at radius 3 is 2.45 bits per heavy atom. The van der Waals surface area contributed by atoms with Crippen LogP contribution in [0.2, 0.25) is 5.02 Å². The summed E-state index contributed by atoms with van der Waals surface area (Å²) in [5, 5.41) is 14.2. The van der Waals surface area contributed by atoms with Crippen LogP contribution in [0.25, 0.3) is 5.70 Å². The van der Waals surface area contributed by atoms with Crippen molar-refractivity contribution in [2.45, 2.75) is 12.8 Å². The highest BCUT2D eigenvalue weighted by Gasteiger charge is 2.37. The Hall–Kier alpha value is -3.21. The van der Waals surface area contributed by atoms with Gasteiger partial charge in [-0.1, -0.05) is 65.8 Å². The number of carbonyl (C=O) groups excluding carboxylic acids is 2. The number of nitriles is 1. The molecule has 2 aromatic rings. The van der Waals surface area contributed by atoms with Gasteiger partial charge < -0.3 is 15.8 Å². The molecule has 2 aromatic carbocycles. The molecule has 0 aromatic heterocycles. The Morgan fingerprint density at radius 1 is 1.19 bits per heavy atom. The van der Waals surface area contributed by atoms with Gasteiger partial charge in [-0.2, -0.15) is 5.26 Å². The molecular formula is C23H20ClN3O3S. The van der Waals surface area contributed by atoms with E-state index >= 15 is 0 Å². The van der Waals surface area contributed by atoms with E-state index in [9.17, 15) is 14.9 Å². The predicted molar refractivity (Wildman–Crippen MR) is 122 cm³/mol. The van der Waals surface area contributed by atoms with E-state index in [4.69, 9.17) is 22.1 Å². The topological polar surface area (TPSA) is 105 Å². The van der Waals surface area contributed by atoms with Gasteiger partial charge in [-0.05, 0) is 30.2 Å². The predicted octanol–water partition coefficient (Wildman–Crippen LogP) is 3.95. The monoisotopic (exact) mass is 453 g/mol. The molecule has 3 rings (SSSR count). The summed E-state index contributed by atoms with van der Waals surface area (Å²) in [7, 11) is 0. The highest BCUT2D eigenvalue weighted by Crippen LogP contribution is 2.43. The van der Waals surface area contributed by atoms with Crippen molar-refractivity contribution in [1.29, 1.82) is 5.26 Å². The zero-order chi connectivity index (χ0) is 22.4. The first kappa shape index (κ1) is 22.5. The van der Waals surface area contributed by atoms with Crippen LogP contribution in [0.5, 0.6) is 0 Å². The van der Waals surface area contributed by atoms with Crippen LogP contribution in [0.15, 0.2) is 70.8 Å². The molecule has 1 unspecified atom stereocenters. The number of halogens is 1. The molecule has 0 saturated heterocycles. The third kappa shape index (κ3) is 5.10. The van der Waals surface area contributed by atoms with Crippen LogP contribution in [0.1, 0.15) is 24.0 Å². The first-order valence-electron chi connectivity index (χ1n) is 9.50. The summed E-state index contributed by atoms with van der Waals surface area (Å²) in [5.41, 5.74) is 7.92. The van der Waals surface area contributed by atoms with Crippen LogP contribution in [-0.4, -0.2) is 24.2 Å². The number of nitrogens with one attached hydrogen (secondary N) is 1. The quantitative estimate of drug-likeness (QED) is 0.615. The summed E-state index contributed by atoms with van der Waals surface area (Å²) in [4.78, 5) is 24.5. The number of benzene rings is 2. The minimum atomic E-state index is -0.701. The van der Waals surface area contributed by atoms with Crippen molar-refractivity contribution < 1.29 is 14.3 Å². The number of hydrogen-bond donors (Lipinski definition) is 2. The second-order valence-corrected chi connectivity index (χ2v) is 8.02. The van der Waals surface area contributed by atoms with Gasteiger partial charge in [0.05, 0.1) is 46.2 Å². The van der Waals surface area contributed by atoms with Crippen molar-refractivity contribution >= 4 is 40.9 Å². The molecule has 3 N–H and O–H groups in total. The summed E-state index contributed by atoms with van der Waals surface area (Å²) >= 11 is 7.18. The van der Waals surface area contributed by atoms with Gasteiger partial charge in [0.2, 0.25) is 5.91 Å². The van der Waals surface area contributed by atoms with Crippen LogP contribution in [0, 0.1) is 11.3 Å². The second-order valence-electron chi connectivity index (χ2n) is 6.59. The maximum Gasteiger partial charge on any atom is 0.337 e. The lowest BCUT2D eigenvalue weighted by molar-refractivity contribution is -0.138. The average Bonchev–Trinajstić information content (AvgIpc) is 2.77. The van der Waals surface area contributed by atoms with E-state index in [1.54, 1.807) is 31.2 Å². The van der Waals surface area contributed by atoms with Crippen molar-refractivity contribution in [3.63, 3.8) is 0 Å². The number of thioether (sulfide) groups is 1. The van der Waals surface area contributed by atoms with Gasteiger partial charge in [-0.15, -0.1) is 0 Å². The third-order valence-corrected chi connectivity index (χ3v) is 5.86. The van der Waals surface area contributed by atoms with Crippen LogP contribution >= 0.6 is 23.4 Å². The van der Waals surface area contributed by atoms with Gasteiger partial charge in [-0.3, -0.25) is 4.79 Å². The van der Waals surface area contributed by atoms with E-state index in [1.165, 1.54) is 0 Å². The van der Waals surface area contributed by atoms with Crippen LogP contribution < -0.4 is 11.1 Å². The SMILES string of the molecule is CCOC(=O)C1=C(c2ccccc2)NC(SCC(N)=O)=C(C#N)C1c1ccc(Cl)cc1. The lowest BCUT2D eigenvalue weighted by Gasteiger charge is -2.30. The molecule has 1 aliphatic heterocycles. The highest BCUT2D eigenvalue weighted by molar-refractivity contribution is 8.03. The van der Waals surface area contributed by atoms with Crippen molar-refractivity contribution in [3.05, 3.63) is 86.9 Å². The third-order valence-electron chi connectivity index (χ3n) is 4.57. The Labute approximate surface area is 189 Å². The molecule has 1 heterocycles. The van der Waals surface area contributed by atoms with Crippen molar-refractivity contribution in [3.8, 4) is 6.07 Å². The molecule has 1 aliphatic rings. The largest absolute Gasteiger partial charge is 0.463 e. The molecule has 0 saturated carbocycles. The molecule has 1 amide bonds. The Morgan fingerprint density at radius 2 is 1.87 bits per heavy atom. The van der Waals surface area contributed by atoms with Gasteiger partial charge in [-0.25, -0.2) is 4.79 Å². The fourth-order valence-electron chi connectivity index (χ4n) is 3.29. The Kier molecular flexibility index (Phi) is 7.40. The maximum absolute atomic E-state index is 13.1. The zero-order valence-electron chi connectivity index (χ0n) is 16.7. The number of ether oxygens (including phenoxy) is 1. The maximum atomic E-state index is 13.1. The first-order valence-corrected chi connectivity index (χ1v) is 10.9. The molecule has 31 heavy (non-hydrogen) atoms. The summed E-state index contributed by atoms with van der Waals surface area (Å²) in [6.45, 7) is 1.91. The van der Waals surface area contributed by atoms with E-state index in [2.05, 4.69) is 11.4 Å². The minimum Gasteiger partial charge on any atom is -0.463 e. The van der Waals surface area contributed by atoms with E-state index in [1.807, 2.05) is 30.3 Å². The fourth-order valence-corrected chi connectivity index (χ4v) is 4.20. The highest BCUT2D eigenvalue weighted by atomic mass is 35.5. The van der Waals surface area contributed by atoms with Crippen LogP contribution in [0.4, 0.5) is 0 Å². The lowest BCUT2D eigenvalue weighted by atomic mass is 9.81. The molecule has 1 atom stereocenters. The smallest absolute Gasteiger partial charge is 0.337 e. The summed E-state index contributed by atoms with van der Waals surface area (Å²) in [6, 6.07) is 18.4. The molecule has 158 valence electrons. The number of rotatable bonds is 7. The average molecular weight is 454 g/mol. The van der Waals surface area contributed by atoms with E-state index in [0.717, 1.165) is 17.3 Å². The molecule has 0 fully saturated rings. The van der Waals surface area contributed by atoms with Crippen molar-refractivity contribution in [2.24, 2.45) is 5.73 Å². The van der Waals surface area contributed by atoms with Gasteiger partial charge in [0.15, 0.2) is 0 Å². The minimum absolute atomic E-state index is 0.0162. The van der Waals surface area contributed by atoms with E-state index in [0.29, 0.717) is 32.5 Å². The number of primary amides is 1. The molecule has 6 nitrogen and oxygen atoms in total. The van der Waals surface area contributed by atoms with E-state index in [-0.39, 0.29) is 12.4 Å². The van der Waals surface area contributed by atoms with Crippen LogP contribution in [-0.2, 0) is 14.3 Å². The van der Waals surface area contributed by atoms with Crippen LogP contribution in [0.3, 0.4) is 0 Å². The number of hydrogen-bond acceptors (Lipinski definition) is 6. The molecule has 0 radical (unpaired) electrons. The van der Waals surface area contributed by atoms with Gasteiger partial charge in [0.25, 0.3) is 0 Å². The van der Waals surface area contributed by atoms with Gasteiger partial charge >= 0.3 is 5.97 Å². The van der Waals surface area contributed by atoms with Crippen molar-refractivity contribution in [2.75, 3.05) is 12.4 Å². The molecular weight excluding hydrogens is 434 g/mol. The Balaban J connectivity index is 2.26. The van der Waals surface area contributed by atoms with Gasteiger partial charge in [0, 0.05) is 5.02 Å². The number of dihydropyridines is 1. The fraction of sp³-hybridized carbons (Fsp3) is 0.174. The standard InChI is InChI=1S/C23H20ClN3O3S/c1-2-30-23(29)20-19(14-8-10-16(24)11-9-14)17(12-25)22(31-13-18(26)28)27-21(20)15-6-4-3-5-7-15/h3-11,19,27H,2,13H2,1H3,(H2,26,28). The first-order chi connectivity index (χ1) is 15.0. The summed E-state index contributed by atoms with van der Waals surface area (Å²) in [6.07, 6.45) is 0. The van der Waals surface area contributed by atoms with Gasteiger partial charge in [0.1, 0.15) is 0 Å². The second kappa shape index (κ2) is 10.2. The summed E-state index contributed by atoms with van der Waals surface area (Å²) < 4.78 is 5.36. The number of nitrogens with two attached hydrogens (primary N) is 1. The van der Waals surface area contributed by atoms with E-state index < -0.39 is 17.8 Å². The molecule has 0 spiro atoms. The Bertz CT molecular complexity index is 1090. The van der Waals surface area contributed by atoms with Crippen molar-refractivity contribution in [1.82, 2.24) is 5.32 Å².